The van der Waals surface area contributed by atoms with Crippen LogP contribution in [0.25, 0.3) is 0 Å². The number of aromatic nitrogens is 1. The third-order valence-corrected chi connectivity index (χ3v) is 5.62. The fourth-order valence-electron chi connectivity index (χ4n) is 4.04. The Morgan fingerprint density at radius 3 is 2.78 bits per heavy atom. The first-order valence-electron chi connectivity index (χ1n) is 8.83. The Morgan fingerprint density at radius 1 is 1.35 bits per heavy atom. The van der Waals surface area contributed by atoms with Gasteiger partial charge in [-0.25, -0.2) is 0 Å². The zero-order chi connectivity index (χ0) is 16.2. The number of rotatable bonds is 4. The van der Waals surface area contributed by atoms with Crippen LogP contribution in [-0.4, -0.2) is 53.4 Å². The second-order valence-corrected chi connectivity index (χ2v) is 6.86. The van der Waals surface area contributed by atoms with Crippen LogP contribution < -0.4 is 5.73 Å². The predicted molar refractivity (Wildman–Crippen MR) is 90.7 cm³/mol. The summed E-state index contributed by atoms with van der Waals surface area (Å²) in [6, 6.07) is 4.46. The molecule has 0 aromatic carbocycles. The van der Waals surface area contributed by atoms with Crippen LogP contribution in [0.5, 0.6) is 0 Å². The van der Waals surface area contributed by atoms with E-state index in [1.165, 1.54) is 5.56 Å². The molecule has 1 aromatic heterocycles. The average Bonchev–Trinajstić information content (AvgIpc) is 3.10. The molecule has 0 spiro atoms. The molecule has 0 radical (unpaired) electrons. The minimum Gasteiger partial charge on any atom is -0.340 e. The Bertz CT molecular complexity index is 513. The average molecular weight is 316 g/mol. The molecule has 1 saturated heterocycles. The van der Waals surface area contributed by atoms with Gasteiger partial charge in [0.25, 0.3) is 0 Å². The molecule has 3 atom stereocenters. The number of amides is 1. The summed E-state index contributed by atoms with van der Waals surface area (Å²) in [5.74, 6) is 0.906. The van der Waals surface area contributed by atoms with Crippen LogP contribution in [0.4, 0.5) is 0 Å². The molecule has 2 fully saturated rings. The Balaban J connectivity index is 1.55. The number of piperazine rings is 1. The number of carbonyl (C=O) groups is 1. The lowest BCUT2D eigenvalue weighted by Crippen LogP contribution is -2.51. The van der Waals surface area contributed by atoms with E-state index in [2.05, 4.69) is 27.8 Å². The summed E-state index contributed by atoms with van der Waals surface area (Å²) in [7, 11) is 0. The normalized spacial score (nSPS) is 27.1. The van der Waals surface area contributed by atoms with Crippen LogP contribution in [0.15, 0.2) is 24.5 Å². The van der Waals surface area contributed by atoms with Crippen molar-refractivity contribution in [2.24, 2.45) is 17.6 Å². The third kappa shape index (κ3) is 3.56. The molecule has 5 heteroatoms. The summed E-state index contributed by atoms with van der Waals surface area (Å²) >= 11 is 0. The molecule has 126 valence electrons. The van der Waals surface area contributed by atoms with Crippen LogP contribution in [0.2, 0.25) is 0 Å². The van der Waals surface area contributed by atoms with Crippen molar-refractivity contribution in [3.05, 3.63) is 30.1 Å². The van der Waals surface area contributed by atoms with Crippen molar-refractivity contribution in [2.75, 3.05) is 32.7 Å². The third-order valence-electron chi connectivity index (χ3n) is 5.62. The van der Waals surface area contributed by atoms with Crippen molar-refractivity contribution in [1.82, 2.24) is 14.8 Å². The van der Waals surface area contributed by atoms with Gasteiger partial charge in [0.1, 0.15) is 0 Å². The van der Waals surface area contributed by atoms with E-state index in [9.17, 15) is 4.79 Å². The predicted octanol–water partition coefficient (Wildman–Crippen LogP) is 1.66. The fraction of sp³-hybridized carbons (Fsp3) is 0.667. The summed E-state index contributed by atoms with van der Waals surface area (Å²) in [5.41, 5.74) is 7.07. The monoisotopic (exact) mass is 316 g/mol. The molecular formula is C18H28N4O. The van der Waals surface area contributed by atoms with E-state index in [0.29, 0.717) is 24.4 Å². The Hall–Kier alpha value is -1.46. The minimum atomic E-state index is 0.169. The number of hydrogen-bond acceptors (Lipinski definition) is 4. The second-order valence-electron chi connectivity index (χ2n) is 6.86. The van der Waals surface area contributed by atoms with Gasteiger partial charge in [-0.1, -0.05) is 12.5 Å². The van der Waals surface area contributed by atoms with Crippen molar-refractivity contribution in [3.8, 4) is 0 Å². The van der Waals surface area contributed by atoms with Gasteiger partial charge in [0.2, 0.25) is 5.91 Å². The molecule has 1 saturated carbocycles. The highest BCUT2D eigenvalue weighted by molar-refractivity contribution is 5.79. The zero-order valence-corrected chi connectivity index (χ0v) is 14.0. The number of hydrogen-bond donors (Lipinski definition) is 1. The van der Waals surface area contributed by atoms with Crippen LogP contribution in [0.3, 0.4) is 0 Å². The summed E-state index contributed by atoms with van der Waals surface area (Å²) in [6.07, 6.45) is 7.03. The van der Waals surface area contributed by atoms with Gasteiger partial charge in [0.15, 0.2) is 0 Å². The topological polar surface area (TPSA) is 62.5 Å². The Labute approximate surface area is 138 Å². The van der Waals surface area contributed by atoms with Crippen molar-refractivity contribution < 1.29 is 4.79 Å². The number of nitrogens with zero attached hydrogens (tertiary/aromatic N) is 3. The molecule has 1 aromatic rings. The highest BCUT2D eigenvalue weighted by atomic mass is 16.2. The lowest BCUT2D eigenvalue weighted by Gasteiger charge is -2.39. The molecule has 2 aliphatic rings. The molecule has 0 bridgehead atoms. The van der Waals surface area contributed by atoms with Crippen molar-refractivity contribution in [1.29, 1.82) is 0 Å². The zero-order valence-electron chi connectivity index (χ0n) is 14.0. The van der Waals surface area contributed by atoms with Gasteiger partial charge >= 0.3 is 0 Å². The highest BCUT2D eigenvalue weighted by Crippen LogP contribution is 2.33. The van der Waals surface area contributed by atoms with Crippen molar-refractivity contribution >= 4 is 5.91 Å². The maximum atomic E-state index is 12.8. The Morgan fingerprint density at radius 2 is 2.13 bits per heavy atom. The maximum Gasteiger partial charge on any atom is 0.226 e. The van der Waals surface area contributed by atoms with Gasteiger partial charge in [-0.3, -0.25) is 14.7 Å². The van der Waals surface area contributed by atoms with Gasteiger partial charge in [-0.2, -0.15) is 0 Å². The molecule has 23 heavy (non-hydrogen) atoms. The second kappa shape index (κ2) is 7.41. The molecule has 1 aliphatic heterocycles. The van der Waals surface area contributed by atoms with Gasteiger partial charge in [-0.05, 0) is 43.9 Å². The van der Waals surface area contributed by atoms with Crippen LogP contribution in [0.1, 0.15) is 37.8 Å². The first-order chi connectivity index (χ1) is 11.2. The number of pyridine rings is 1. The van der Waals surface area contributed by atoms with Gasteiger partial charge < -0.3 is 10.6 Å². The van der Waals surface area contributed by atoms with E-state index in [4.69, 9.17) is 5.73 Å². The van der Waals surface area contributed by atoms with Gasteiger partial charge in [0, 0.05) is 50.5 Å². The molecule has 2 heterocycles. The van der Waals surface area contributed by atoms with E-state index >= 15 is 0 Å². The summed E-state index contributed by atoms with van der Waals surface area (Å²) in [6.45, 7) is 6.39. The van der Waals surface area contributed by atoms with E-state index in [1.807, 2.05) is 18.5 Å². The molecular weight excluding hydrogens is 288 g/mol. The lowest BCUT2D eigenvalue weighted by molar-refractivity contribution is -0.138. The van der Waals surface area contributed by atoms with Crippen molar-refractivity contribution in [2.45, 2.75) is 32.2 Å². The summed E-state index contributed by atoms with van der Waals surface area (Å²) in [4.78, 5) is 21.5. The smallest absolute Gasteiger partial charge is 0.226 e. The molecule has 3 rings (SSSR count). The van der Waals surface area contributed by atoms with Crippen molar-refractivity contribution in [3.63, 3.8) is 0 Å². The van der Waals surface area contributed by atoms with Crippen LogP contribution in [-0.2, 0) is 4.79 Å². The summed E-state index contributed by atoms with van der Waals surface area (Å²) in [5, 5.41) is 0. The molecule has 1 unspecified atom stereocenters. The highest BCUT2D eigenvalue weighted by Gasteiger charge is 2.36. The molecule has 5 nitrogen and oxygen atoms in total. The van der Waals surface area contributed by atoms with E-state index in [0.717, 1.165) is 45.4 Å². The standard InChI is InChI=1S/C18H28N4O/c1-14(16-5-3-7-20-13-16)21-8-10-22(11-9-21)18(23)17-6-2-4-15(17)12-19/h3,5,7,13-15,17H,2,4,6,8-12,19H2,1H3/t14?,15-,17-/m1/s1. The molecule has 1 aliphatic carbocycles. The fourth-order valence-corrected chi connectivity index (χ4v) is 4.04. The summed E-state index contributed by atoms with van der Waals surface area (Å²) < 4.78 is 0. The first-order valence-corrected chi connectivity index (χ1v) is 8.83. The molecule has 1 amide bonds. The van der Waals surface area contributed by atoms with E-state index < -0.39 is 0 Å². The quantitative estimate of drug-likeness (QED) is 0.918. The first kappa shape index (κ1) is 16.4. The Kier molecular flexibility index (Phi) is 5.28. The van der Waals surface area contributed by atoms with Crippen LogP contribution in [0, 0.1) is 11.8 Å². The van der Waals surface area contributed by atoms with Crippen LogP contribution >= 0.6 is 0 Å². The maximum absolute atomic E-state index is 12.8. The number of nitrogens with two attached hydrogens (primary N) is 1. The van der Waals surface area contributed by atoms with Gasteiger partial charge in [0.05, 0.1) is 0 Å². The SMILES string of the molecule is CC(c1cccnc1)N1CCN(C(=O)[C@@H]2CCC[C@@H]2CN)CC1. The van der Waals surface area contributed by atoms with E-state index in [1.54, 1.807) is 0 Å². The molecule has 2 N–H and O–H groups in total. The van der Waals surface area contributed by atoms with Gasteiger partial charge in [-0.15, -0.1) is 0 Å². The largest absolute Gasteiger partial charge is 0.340 e. The van der Waals surface area contributed by atoms with E-state index in [-0.39, 0.29) is 5.92 Å². The number of carbonyl (C=O) groups excluding carboxylic acids is 1. The lowest BCUT2D eigenvalue weighted by atomic mass is 9.94. The minimum absolute atomic E-state index is 0.169.